The van der Waals surface area contributed by atoms with Crippen molar-refractivity contribution in [2.45, 2.75) is 0 Å². The predicted molar refractivity (Wildman–Crippen MR) is 277 cm³/mol. The molecule has 1 nitrogen and oxygen atoms in total. The van der Waals surface area contributed by atoms with E-state index in [-0.39, 0.29) is 0 Å². The van der Waals surface area contributed by atoms with Gasteiger partial charge in [-0.3, -0.25) is 0 Å². The average Bonchev–Trinajstić information content (AvgIpc) is 3.40. The zero-order valence-electron chi connectivity index (χ0n) is 35.9. The third-order valence-electron chi connectivity index (χ3n) is 12.5. The summed E-state index contributed by atoms with van der Waals surface area (Å²) in [5, 5.41) is 2.52. The van der Waals surface area contributed by atoms with Crippen molar-refractivity contribution in [3.8, 4) is 77.9 Å². The Morgan fingerprint density at radius 2 is 0.585 bits per heavy atom. The van der Waals surface area contributed by atoms with Crippen LogP contribution in [0, 0.1) is 0 Å². The smallest absolute Gasteiger partial charge is 0.0546 e. The molecule has 0 aromatic heterocycles. The number of anilines is 3. The first-order chi connectivity index (χ1) is 32.2. The Labute approximate surface area is 381 Å². The molecule has 0 fully saturated rings. The van der Waals surface area contributed by atoms with Crippen LogP contribution >= 0.6 is 0 Å². The number of nitrogens with zero attached hydrogens (tertiary/aromatic N) is 1. The van der Waals surface area contributed by atoms with Gasteiger partial charge < -0.3 is 4.90 Å². The Bertz CT molecular complexity index is 3370. The van der Waals surface area contributed by atoms with Crippen LogP contribution in [-0.2, 0) is 0 Å². The Morgan fingerprint density at radius 3 is 1.22 bits per heavy atom. The van der Waals surface area contributed by atoms with E-state index in [9.17, 15) is 0 Å². The summed E-state index contributed by atoms with van der Waals surface area (Å²) in [6.45, 7) is 0. The fourth-order valence-electron chi connectivity index (χ4n) is 9.30. The molecule has 0 aliphatic rings. The van der Waals surface area contributed by atoms with E-state index >= 15 is 0 Å². The van der Waals surface area contributed by atoms with E-state index in [0.717, 1.165) is 17.1 Å². The first-order valence-corrected chi connectivity index (χ1v) is 22.3. The van der Waals surface area contributed by atoms with Crippen LogP contribution in [0.15, 0.2) is 273 Å². The molecule has 0 saturated carbocycles. The lowest BCUT2D eigenvalue weighted by Crippen LogP contribution is -2.12. The molecule has 1 heteroatoms. The minimum atomic E-state index is 1.07. The van der Waals surface area contributed by atoms with Gasteiger partial charge in [0.05, 0.1) is 5.69 Å². The van der Waals surface area contributed by atoms with Crippen molar-refractivity contribution in [1.82, 2.24) is 0 Å². The molecule has 0 amide bonds. The molecule has 0 aliphatic heterocycles. The van der Waals surface area contributed by atoms with E-state index in [1.807, 2.05) is 0 Å². The molecule has 11 aromatic carbocycles. The van der Waals surface area contributed by atoms with Crippen molar-refractivity contribution in [1.29, 1.82) is 0 Å². The first kappa shape index (κ1) is 39.3. The van der Waals surface area contributed by atoms with Crippen molar-refractivity contribution in [3.05, 3.63) is 273 Å². The third-order valence-corrected chi connectivity index (χ3v) is 12.5. The van der Waals surface area contributed by atoms with Crippen LogP contribution in [0.3, 0.4) is 0 Å². The molecular formula is C64H45N. The second-order valence-corrected chi connectivity index (χ2v) is 16.5. The molecule has 0 atom stereocenters. The standard InChI is InChI=1S/C64H45N/c1-4-17-46(18-5-1)54-25-14-26-55(45-54)49-39-43-57(44-40-49)65(56-41-37-48(38-42-56)47-33-35-53(36-34-47)59-30-15-24-51-23-10-11-27-58(51)59)63-32-16-31-61(52-21-8-3-9-22-52)64(63)62-29-13-12-28-60(62)50-19-6-2-7-20-50/h1-45H. The van der Waals surface area contributed by atoms with Crippen molar-refractivity contribution in [3.63, 3.8) is 0 Å². The van der Waals surface area contributed by atoms with Crippen LogP contribution in [0.4, 0.5) is 17.1 Å². The molecule has 0 radical (unpaired) electrons. The van der Waals surface area contributed by atoms with Crippen LogP contribution in [0.25, 0.3) is 88.7 Å². The zero-order chi connectivity index (χ0) is 43.4. The minimum absolute atomic E-state index is 1.07. The fraction of sp³-hybridized carbons (Fsp3) is 0. The van der Waals surface area contributed by atoms with E-state index in [0.29, 0.717) is 0 Å². The van der Waals surface area contributed by atoms with Gasteiger partial charge >= 0.3 is 0 Å². The summed E-state index contributed by atoms with van der Waals surface area (Å²) in [5.41, 5.74) is 19.9. The monoisotopic (exact) mass is 827 g/mol. The molecule has 0 aliphatic carbocycles. The van der Waals surface area contributed by atoms with E-state index < -0.39 is 0 Å². The Balaban J connectivity index is 1.05. The first-order valence-electron chi connectivity index (χ1n) is 22.3. The molecule has 65 heavy (non-hydrogen) atoms. The quantitative estimate of drug-likeness (QED) is 0.133. The maximum atomic E-state index is 2.43. The molecule has 306 valence electrons. The second-order valence-electron chi connectivity index (χ2n) is 16.5. The average molecular weight is 828 g/mol. The summed E-state index contributed by atoms with van der Waals surface area (Å²) in [6, 6.07) is 98.8. The SMILES string of the molecule is c1ccc(-c2cccc(-c3ccc(N(c4ccc(-c5ccc(-c6cccc7ccccc67)cc5)cc4)c4cccc(-c5ccccc5)c4-c4ccccc4-c4ccccc4)cc3)c2)cc1. The van der Waals surface area contributed by atoms with Gasteiger partial charge in [-0.2, -0.15) is 0 Å². The highest BCUT2D eigenvalue weighted by Crippen LogP contribution is 2.48. The molecule has 0 saturated heterocycles. The highest BCUT2D eigenvalue weighted by atomic mass is 15.1. The Hall–Kier alpha value is -8.52. The summed E-state index contributed by atoms with van der Waals surface area (Å²) in [4.78, 5) is 2.43. The topological polar surface area (TPSA) is 3.24 Å². The molecule has 0 unspecified atom stereocenters. The summed E-state index contributed by atoms with van der Waals surface area (Å²) in [7, 11) is 0. The number of hydrogen-bond acceptors (Lipinski definition) is 1. The summed E-state index contributed by atoms with van der Waals surface area (Å²) in [5.74, 6) is 0. The zero-order valence-corrected chi connectivity index (χ0v) is 35.9. The lowest BCUT2D eigenvalue weighted by atomic mass is 9.87. The highest BCUT2D eigenvalue weighted by Gasteiger charge is 2.23. The molecule has 0 heterocycles. The number of benzene rings is 11. The van der Waals surface area contributed by atoms with Gasteiger partial charge in [0.15, 0.2) is 0 Å². The molecular weight excluding hydrogens is 783 g/mol. The van der Waals surface area contributed by atoms with Gasteiger partial charge in [-0.05, 0) is 119 Å². The van der Waals surface area contributed by atoms with Crippen molar-refractivity contribution in [2.24, 2.45) is 0 Å². The predicted octanol–water partition coefficient (Wildman–Crippen LogP) is 18.0. The minimum Gasteiger partial charge on any atom is -0.310 e. The van der Waals surface area contributed by atoms with Gasteiger partial charge in [0.2, 0.25) is 0 Å². The van der Waals surface area contributed by atoms with Gasteiger partial charge in [-0.25, -0.2) is 0 Å². The van der Waals surface area contributed by atoms with Crippen molar-refractivity contribution < 1.29 is 0 Å². The maximum Gasteiger partial charge on any atom is 0.0546 e. The Morgan fingerprint density at radius 1 is 0.215 bits per heavy atom. The van der Waals surface area contributed by atoms with Gasteiger partial charge in [0, 0.05) is 16.9 Å². The molecule has 0 spiro atoms. The van der Waals surface area contributed by atoms with Crippen LogP contribution in [0.2, 0.25) is 0 Å². The second kappa shape index (κ2) is 17.7. The number of rotatable bonds is 10. The normalized spacial score (nSPS) is 11.1. The van der Waals surface area contributed by atoms with Gasteiger partial charge in [0.1, 0.15) is 0 Å². The number of hydrogen-bond donors (Lipinski definition) is 0. The Kier molecular flexibility index (Phi) is 10.7. The van der Waals surface area contributed by atoms with Crippen LogP contribution in [0.1, 0.15) is 0 Å². The lowest BCUT2D eigenvalue weighted by molar-refractivity contribution is 1.28. The molecule has 0 bridgehead atoms. The maximum absolute atomic E-state index is 2.43. The van der Waals surface area contributed by atoms with E-state index in [2.05, 4.69) is 278 Å². The fourth-order valence-corrected chi connectivity index (χ4v) is 9.30. The number of fused-ring (bicyclic) bond motifs is 1. The van der Waals surface area contributed by atoms with E-state index in [4.69, 9.17) is 0 Å². The van der Waals surface area contributed by atoms with Crippen molar-refractivity contribution >= 4 is 27.8 Å². The highest BCUT2D eigenvalue weighted by molar-refractivity contribution is 6.01. The summed E-state index contributed by atoms with van der Waals surface area (Å²) < 4.78 is 0. The van der Waals surface area contributed by atoms with Crippen molar-refractivity contribution in [2.75, 3.05) is 4.90 Å². The van der Waals surface area contributed by atoms with Gasteiger partial charge in [0.25, 0.3) is 0 Å². The molecule has 11 aromatic rings. The van der Waals surface area contributed by atoms with Crippen LogP contribution in [0.5, 0.6) is 0 Å². The summed E-state index contributed by atoms with van der Waals surface area (Å²) in [6.07, 6.45) is 0. The van der Waals surface area contributed by atoms with Crippen LogP contribution < -0.4 is 4.90 Å². The lowest BCUT2D eigenvalue weighted by Gasteiger charge is -2.30. The van der Waals surface area contributed by atoms with E-state index in [1.165, 1.54) is 88.7 Å². The third kappa shape index (κ3) is 7.93. The molecule has 11 rings (SSSR count). The molecule has 0 N–H and O–H groups in total. The van der Waals surface area contributed by atoms with Crippen LogP contribution in [-0.4, -0.2) is 0 Å². The summed E-state index contributed by atoms with van der Waals surface area (Å²) >= 11 is 0. The largest absolute Gasteiger partial charge is 0.310 e. The van der Waals surface area contributed by atoms with E-state index in [1.54, 1.807) is 0 Å². The van der Waals surface area contributed by atoms with Gasteiger partial charge in [-0.15, -0.1) is 0 Å². The van der Waals surface area contributed by atoms with Gasteiger partial charge in [-0.1, -0.05) is 237 Å².